The van der Waals surface area contributed by atoms with E-state index in [-0.39, 0.29) is 9.92 Å². The number of hydrogen-bond acceptors (Lipinski definition) is 4. The Kier molecular flexibility index (Phi) is 4.15. The minimum Gasteiger partial charge on any atom is -0.372 e. The fourth-order valence-corrected chi connectivity index (χ4v) is 3.42. The molecule has 0 aliphatic rings. The molecule has 23 heavy (non-hydrogen) atoms. The van der Waals surface area contributed by atoms with Gasteiger partial charge in [0.2, 0.25) is 9.84 Å². The van der Waals surface area contributed by atoms with Gasteiger partial charge in [-0.15, -0.1) is 0 Å². The Balaban J connectivity index is 2.03. The summed E-state index contributed by atoms with van der Waals surface area (Å²) in [6.07, 6.45) is 1.60. The zero-order valence-electron chi connectivity index (χ0n) is 12.4. The van der Waals surface area contributed by atoms with E-state index in [0.717, 1.165) is 0 Å². The average molecular weight is 326 g/mol. The molecule has 2 heterocycles. The van der Waals surface area contributed by atoms with Gasteiger partial charge in [-0.2, -0.15) is 0 Å². The van der Waals surface area contributed by atoms with Crippen LogP contribution in [-0.2, 0) is 14.6 Å². The first kappa shape index (κ1) is 15.3. The number of ether oxygens (including phenoxy) is 1. The van der Waals surface area contributed by atoms with Crippen molar-refractivity contribution in [3.8, 4) is 11.8 Å². The smallest absolute Gasteiger partial charge is 0.221 e. The van der Waals surface area contributed by atoms with E-state index in [9.17, 15) is 8.42 Å². The van der Waals surface area contributed by atoms with Gasteiger partial charge in [0.1, 0.15) is 17.3 Å². The molecule has 3 rings (SSSR count). The molecule has 0 aliphatic heterocycles. The van der Waals surface area contributed by atoms with Crippen molar-refractivity contribution in [1.29, 1.82) is 0 Å². The third-order valence-corrected chi connectivity index (χ3v) is 4.93. The maximum absolute atomic E-state index is 12.6. The number of nitrogens with one attached hydrogen (secondary N) is 1. The lowest BCUT2D eigenvalue weighted by Crippen LogP contribution is -2.01. The first-order valence-corrected chi connectivity index (χ1v) is 8.36. The van der Waals surface area contributed by atoms with Gasteiger partial charge in [0.05, 0.1) is 4.90 Å². The normalized spacial score (nSPS) is 11.2. The van der Waals surface area contributed by atoms with Crippen molar-refractivity contribution in [2.24, 2.45) is 0 Å². The minimum absolute atomic E-state index is 0.119. The number of hydrogen-bond donors (Lipinski definition) is 1. The van der Waals surface area contributed by atoms with E-state index >= 15 is 0 Å². The highest BCUT2D eigenvalue weighted by Gasteiger charge is 2.20. The molecule has 0 saturated carbocycles. The molecule has 0 atom stereocenters. The number of sulfone groups is 1. The molecule has 0 amide bonds. The Morgan fingerprint density at radius 2 is 2.00 bits per heavy atom. The maximum atomic E-state index is 12.6. The second kappa shape index (κ2) is 6.24. The fourth-order valence-electron chi connectivity index (χ4n) is 2.14. The second-order valence-electron chi connectivity index (χ2n) is 4.85. The third-order valence-electron chi connectivity index (χ3n) is 3.24. The molecular formula is C17H14N2O3S. The summed E-state index contributed by atoms with van der Waals surface area (Å²) in [5, 5.41) is 0.817. The molecule has 5 nitrogen and oxygen atoms in total. The van der Waals surface area contributed by atoms with Gasteiger partial charge in [-0.1, -0.05) is 30.0 Å². The SMILES string of the molecule is COCC#Cc1cnc2[nH]c(S(=O)(=O)c3ccccc3)cc2c1. The van der Waals surface area contributed by atoms with Crippen LogP contribution in [0.5, 0.6) is 0 Å². The monoisotopic (exact) mass is 326 g/mol. The molecule has 0 spiro atoms. The van der Waals surface area contributed by atoms with Crippen molar-refractivity contribution in [3.05, 3.63) is 54.2 Å². The summed E-state index contributed by atoms with van der Waals surface area (Å²) in [7, 11) is -2.01. The van der Waals surface area contributed by atoms with Crippen LogP contribution in [0.15, 0.2) is 58.6 Å². The molecule has 116 valence electrons. The number of benzene rings is 1. The predicted octanol–water partition coefficient (Wildman–Crippen LogP) is 2.39. The molecule has 0 unspecified atom stereocenters. The highest BCUT2D eigenvalue weighted by molar-refractivity contribution is 7.91. The van der Waals surface area contributed by atoms with Crippen molar-refractivity contribution in [2.45, 2.75) is 9.92 Å². The lowest BCUT2D eigenvalue weighted by atomic mass is 10.2. The van der Waals surface area contributed by atoms with Crippen molar-refractivity contribution >= 4 is 20.9 Å². The zero-order valence-corrected chi connectivity index (χ0v) is 13.2. The number of pyridine rings is 1. The molecule has 0 aliphatic carbocycles. The number of aromatic nitrogens is 2. The predicted molar refractivity (Wildman–Crippen MR) is 86.7 cm³/mol. The van der Waals surface area contributed by atoms with Crippen LogP contribution in [0.4, 0.5) is 0 Å². The average Bonchev–Trinajstić information content (AvgIpc) is 3.00. The van der Waals surface area contributed by atoms with E-state index < -0.39 is 9.84 Å². The molecule has 0 fully saturated rings. The molecule has 1 N–H and O–H groups in total. The fraction of sp³-hybridized carbons (Fsp3) is 0.118. The summed E-state index contributed by atoms with van der Waals surface area (Å²) in [4.78, 5) is 7.32. The summed E-state index contributed by atoms with van der Waals surface area (Å²) in [5.41, 5.74) is 1.22. The van der Waals surface area contributed by atoms with E-state index in [2.05, 4.69) is 21.8 Å². The minimum atomic E-state index is -3.59. The van der Waals surface area contributed by atoms with Crippen LogP contribution in [0.25, 0.3) is 11.0 Å². The largest absolute Gasteiger partial charge is 0.372 e. The molecule has 2 aromatic heterocycles. The summed E-state index contributed by atoms with van der Waals surface area (Å²) in [6, 6.07) is 11.7. The van der Waals surface area contributed by atoms with Gasteiger partial charge in [-0.3, -0.25) is 0 Å². The molecular weight excluding hydrogens is 312 g/mol. The van der Waals surface area contributed by atoms with Crippen LogP contribution in [-0.4, -0.2) is 32.1 Å². The van der Waals surface area contributed by atoms with E-state index in [1.807, 2.05) is 0 Å². The number of nitrogens with zero attached hydrogens (tertiary/aromatic N) is 1. The number of rotatable bonds is 3. The Morgan fingerprint density at radius 1 is 1.22 bits per heavy atom. The number of aromatic amines is 1. The zero-order chi connectivity index (χ0) is 16.3. The van der Waals surface area contributed by atoms with E-state index in [0.29, 0.717) is 23.2 Å². The number of H-pyrrole nitrogens is 1. The van der Waals surface area contributed by atoms with Crippen molar-refractivity contribution < 1.29 is 13.2 Å². The lowest BCUT2D eigenvalue weighted by Gasteiger charge is -2.00. The van der Waals surface area contributed by atoms with Gasteiger partial charge in [0.25, 0.3) is 0 Å². The van der Waals surface area contributed by atoms with E-state index in [1.54, 1.807) is 55.8 Å². The summed E-state index contributed by atoms with van der Waals surface area (Å²) >= 11 is 0. The van der Waals surface area contributed by atoms with Gasteiger partial charge in [0, 0.05) is 24.3 Å². The lowest BCUT2D eigenvalue weighted by molar-refractivity contribution is 0.240. The summed E-state index contributed by atoms with van der Waals surface area (Å²) < 4.78 is 30.1. The van der Waals surface area contributed by atoms with Crippen molar-refractivity contribution in [1.82, 2.24) is 9.97 Å². The first-order chi connectivity index (χ1) is 11.1. The number of methoxy groups -OCH3 is 1. The first-order valence-electron chi connectivity index (χ1n) is 6.88. The highest BCUT2D eigenvalue weighted by Crippen LogP contribution is 2.23. The van der Waals surface area contributed by atoms with Crippen LogP contribution >= 0.6 is 0 Å². The molecule has 0 saturated heterocycles. The second-order valence-corrected chi connectivity index (χ2v) is 6.76. The Hall–Kier alpha value is -2.62. The Labute approximate surface area is 134 Å². The maximum Gasteiger partial charge on any atom is 0.221 e. The molecule has 0 radical (unpaired) electrons. The Bertz CT molecular complexity index is 996. The topological polar surface area (TPSA) is 72.0 Å². The standard InChI is InChI=1S/C17H14N2O3S/c1-22-9-5-6-13-10-14-11-16(19-17(14)18-12-13)23(20,21)15-7-3-2-4-8-15/h2-4,7-8,10-12H,9H2,1H3,(H,18,19). The van der Waals surface area contributed by atoms with Crippen molar-refractivity contribution in [3.63, 3.8) is 0 Å². The summed E-state index contributed by atoms with van der Waals surface area (Å²) in [5.74, 6) is 5.75. The van der Waals surface area contributed by atoms with Gasteiger partial charge in [-0.25, -0.2) is 13.4 Å². The molecule has 3 aromatic rings. The quantitative estimate of drug-likeness (QED) is 0.750. The van der Waals surface area contributed by atoms with Crippen molar-refractivity contribution in [2.75, 3.05) is 13.7 Å². The van der Waals surface area contributed by atoms with Gasteiger partial charge in [0.15, 0.2) is 0 Å². The highest BCUT2D eigenvalue weighted by atomic mass is 32.2. The van der Waals surface area contributed by atoms with Crippen LogP contribution in [0.1, 0.15) is 5.56 Å². The third kappa shape index (κ3) is 3.11. The van der Waals surface area contributed by atoms with E-state index in [4.69, 9.17) is 4.74 Å². The molecule has 0 bridgehead atoms. The van der Waals surface area contributed by atoms with Crippen LogP contribution in [0, 0.1) is 11.8 Å². The van der Waals surface area contributed by atoms with Crippen LogP contribution in [0.3, 0.4) is 0 Å². The van der Waals surface area contributed by atoms with Gasteiger partial charge >= 0.3 is 0 Å². The summed E-state index contributed by atoms with van der Waals surface area (Å²) in [6.45, 7) is 0.332. The number of fused-ring (bicyclic) bond motifs is 1. The van der Waals surface area contributed by atoms with Gasteiger partial charge < -0.3 is 9.72 Å². The molecule has 6 heteroatoms. The van der Waals surface area contributed by atoms with Crippen LogP contribution < -0.4 is 0 Å². The van der Waals surface area contributed by atoms with E-state index in [1.165, 1.54) is 0 Å². The van der Waals surface area contributed by atoms with Crippen LogP contribution in [0.2, 0.25) is 0 Å². The molecule has 1 aromatic carbocycles. The van der Waals surface area contributed by atoms with Gasteiger partial charge in [-0.05, 0) is 24.3 Å². The Morgan fingerprint density at radius 3 is 2.74 bits per heavy atom.